The van der Waals surface area contributed by atoms with Gasteiger partial charge >= 0.3 is 5.97 Å². The van der Waals surface area contributed by atoms with Crippen LogP contribution >= 0.6 is 0 Å². The topological polar surface area (TPSA) is 80.2 Å². The van der Waals surface area contributed by atoms with Crippen LogP contribution in [0.1, 0.15) is 29.7 Å². The molecule has 0 aliphatic carbocycles. The number of hydrogen-bond donors (Lipinski definition) is 1. The Hall–Kier alpha value is -3.35. The zero-order valence-electron chi connectivity index (χ0n) is 17.1. The Bertz CT molecular complexity index is 988. The van der Waals surface area contributed by atoms with Crippen LogP contribution in [0.15, 0.2) is 53.5 Å². The van der Waals surface area contributed by atoms with E-state index in [0.29, 0.717) is 18.3 Å². The highest BCUT2D eigenvalue weighted by Crippen LogP contribution is 2.33. The fourth-order valence-corrected chi connectivity index (χ4v) is 3.97. The summed E-state index contributed by atoms with van der Waals surface area (Å²) >= 11 is 0. The Labute approximate surface area is 175 Å². The second-order valence-corrected chi connectivity index (χ2v) is 7.33. The third kappa shape index (κ3) is 3.87. The Balaban J connectivity index is 1.70. The highest BCUT2D eigenvalue weighted by Gasteiger charge is 2.42. The number of hydrogen-bond acceptors (Lipinski definition) is 6. The van der Waals surface area contributed by atoms with E-state index in [1.807, 2.05) is 36.4 Å². The fourth-order valence-electron chi connectivity index (χ4n) is 3.97. The smallest absolute Gasteiger partial charge is 0.321 e. The maximum absolute atomic E-state index is 13.0. The summed E-state index contributed by atoms with van der Waals surface area (Å²) in [5.74, 6) is -0.884. The van der Waals surface area contributed by atoms with Gasteiger partial charge in [0.15, 0.2) is 5.92 Å². The van der Waals surface area contributed by atoms with E-state index in [4.69, 9.17) is 14.5 Å². The molecule has 7 nitrogen and oxygen atoms in total. The first-order valence-corrected chi connectivity index (χ1v) is 10.1. The number of aliphatic imine (C=N–C) groups is 1. The molecule has 0 saturated carbocycles. The second-order valence-electron chi connectivity index (χ2n) is 7.33. The number of amides is 1. The number of benzene rings is 2. The quantitative estimate of drug-likeness (QED) is 0.622. The lowest BCUT2D eigenvalue weighted by molar-refractivity contribution is -0.153. The molecule has 2 aromatic rings. The Morgan fingerprint density at radius 1 is 1.20 bits per heavy atom. The van der Waals surface area contributed by atoms with Crippen molar-refractivity contribution in [2.75, 3.05) is 20.3 Å². The van der Waals surface area contributed by atoms with Crippen molar-refractivity contribution < 1.29 is 19.1 Å². The van der Waals surface area contributed by atoms with Crippen molar-refractivity contribution in [1.82, 2.24) is 10.2 Å². The summed E-state index contributed by atoms with van der Waals surface area (Å²) in [6, 6.07) is 14.9. The van der Waals surface area contributed by atoms with Gasteiger partial charge in [0.05, 0.1) is 13.7 Å². The molecule has 0 bridgehead atoms. The molecule has 4 rings (SSSR count). The molecule has 1 N–H and O–H groups in total. The monoisotopic (exact) mass is 407 g/mol. The van der Waals surface area contributed by atoms with E-state index >= 15 is 0 Å². The molecule has 0 saturated heterocycles. The van der Waals surface area contributed by atoms with Crippen LogP contribution in [0.25, 0.3) is 0 Å². The molecule has 2 unspecified atom stereocenters. The maximum atomic E-state index is 13.0. The van der Waals surface area contributed by atoms with Gasteiger partial charge in [0.2, 0.25) is 11.9 Å². The van der Waals surface area contributed by atoms with Crippen molar-refractivity contribution in [2.45, 2.75) is 25.9 Å². The summed E-state index contributed by atoms with van der Waals surface area (Å²) in [6.07, 6.45) is 0.871. The molecule has 2 aliphatic rings. The van der Waals surface area contributed by atoms with Gasteiger partial charge in [-0.15, -0.1) is 0 Å². The van der Waals surface area contributed by atoms with Gasteiger partial charge in [0, 0.05) is 13.1 Å². The summed E-state index contributed by atoms with van der Waals surface area (Å²) in [5.41, 5.74) is 3.26. The minimum Gasteiger partial charge on any atom is -0.497 e. The molecule has 7 heteroatoms. The summed E-state index contributed by atoms with van der Waals surface area (Å²) in [7, 11) is 1.58. The normalized spacial score (nSPS) is 20.7. The molecular formula is C23H25N3O4. The van der Waals surface area contributed by atoms with Crippen molar-refractivity contribution in [3.8, 4) is 5.75 Å². The van der Waals surface area contributed by atoms with Crippen molar-refractivity contribution in [3.63, 3.8) is 0 Å². The second kappa shape index (κ2) is 8.57. The molecule has 2 heterocycles. The number of rotatable bonds is 4. The van der Waals surface area contributed by atoms with E-state index in [-0.39, 0.29) is 6.61 Å². The Kier molecular flexibility index (Phi) is 5.70. The van der Waals surface area contributed by atoms with Gasteiger partial charge < -0.3 is 14.4 Å². The average molecular weight is 407 g/mol. The van der Waals surface area contributed by atoms with Crippen LogP contribution < -0.4 is 10.1 Å². The summed E-state index contributed by atoms with van der Waals surface area (Å²) < 4.78 is 10.5. The van der Waals surface area contributed by atoms with Crippen LogP contribution in [0.4, 0.5) is 0 Å². The highest BCUT2D eigenvalue weighted by molar-refractivity contribution is 6.08. The van der Waals surface area contributed by atoms with Gasteiger partial charge in [-0.1, -0.05) is 36.4 Å². The van der Waals surface area contributed by atoms with Crippen LogP contribution in [0.2, 0.25) is 0 Å². The van der Waals surface area contributed by atoms with Crippen LogP contribution in [0.3, 0.4) is 0 Å². The number of carbonyl (C=O) groups is 2. The number of carbonyl (C=O) groups excluding carboxylic acids is 2. The average Bonchev–Trinajstić information content (AvgIpc) is 2.78. The number of methoxy groups -OCH3 is 1. The van der Waals surface area contributed by atoms with Crippen LogP contribution in [-0.2, 0) is 27.3 Å². The zero-order valence-corrected chi connectivity index (χ0v) is 17.1. The number of fused-ring (bicyclic) bond motifs is 1. The molecular weight excluding hydrogens is 382 g/mol. The molecule has 0 spiro atoms. The van der Waals surface area contributed by atoms with Crippen molar-refractivity contribution >= 4 is 17.8 Å². The van der Waals surface area contributed by atoms with E-state index in [1.165, 1.54) is 11.1 Å². The molecule has 1 amide bonds. The summed E-state index contributed by atoms with van der Waals surface area (Å²) in [6.45, 7) is 3.32. The van der Waals surface area contributed by atoms with E-state index < -0.39 is 23.8 Å². The minimum absolute atomic E-state index is 0.201. The van der Waals surface area contributed by atoms with Crippen molar-refractivity contribution in [2.24, 2.45) is 10.9 Å². The number of nitrogens with zero attached hydrogens (tertiary/aromatic N) is 2. The predicted octanol–water partition coefficient (Wildman–Crippen LogP) is 2.46. The van der Waals surface area contributed by atoms with Gasteiger partial charge in [-0.3, -0.25) is 14.9 Å². The lowest BCUT2D eigenvalue weighted by atomic mass is 9.91. The number of ether oxygens (including phenoxy) is 2. The van der Waals surface area contributed by atoms with Gasteiger partial charge in [-0.05, 0) is 42.2 Å². The van der Waals surface area contributed by atoms with E-state index in [2.05, 4.69) is 22.3 Å². The maximum Gasteiger partial charge on any atom is 0.321 e. The van der Waals surface area contributed by atoms with Crippen LogP contribution in [0, 0.1) is 5.92 Å². The fraction of sp³-hybridized carbons (Fsp3) is 0.348. The van der Waals surface area contributed by atoms with Crippen molar-refractivity contribution in [3.05, 3.63) is 65.2 Å². The van der Waals surface area contributed by atoms with Crippen molar-refractivity contribution in [1.29, 1.82) is 0 Å². The first kappa shape index (κ1) is 19.9. The molecule has 0 aromatic heterocycles. The number of guanidine groups is 1. The molecule has 2 aliphatic heterocycles. The lowest BCUT2D eigenvalue weighted by Gasteiger charge is -2.36. The molecule has 156 valence electrons. The highest BCUT2D eigenvalue weighted by atomic mass is 16.5. The van der Waals surface area contributed by atoms with Crippen LogP contribution in [0.5, 0.6) is 5.75 Å². The van der Waals surface area contributed by atoms with Gasteiger partial charge in [-0.2, -0.15) is 0 Å². The van der Waals surface area contributed by atoms with E-state index in [9.17, 15) is 9.59 Å². The first-order chi connectivity index (χ1) is 14.6. The molecule has 2 aromatic carbocycles. The van der Waals surface area contributed by atoms with E-state index in [1.54, 1.807) is 14.0 Å². The molecule has 30 heavy (non-hydrogen) atoms. The molecule has 0 radical (unpaired) electrons. The number of esters is 1. The van der Waals surface area contributed by atoms with Gasteiger partial charge in [-0.25, -0.2) is 4.99 Å². The Morgan fingerprint density at radius 3 is 2.77 bits per heavy atom. The predicted molar refractivity (Wildman–Crippen MR) is 112 cm³/mol. The third-order valence-electron chi connectivity index (χ3n) is 5.50. The third-order valence-corrected chi connectivity index (χ3v) is 5.50. The summed E-state index contributed by atoms with van der Waals surface area (Å²) in [5, 5.41) is 2.84. The summed E-state index contributed by atoms with van der Waals surface area (Å²) in [4.78, 5) is 32.5. The zero-order chi connectivity index (χ0) is 21.1. The largest absolute Gasteiger partial charge is 0.497 e. The number of nitrogens with one attached hydrogen (secondary N) is 1. The van der Waals surface area contributed by atoms with E-state index in [0.717, 1.165) is 18.5 Å². The standard InChI is InChI=1S/C23H25N3O4/c1-3-30-22(28)19-20(16-9-6-10-18(13-16)29-2)24-23(25-21(19)27)26-12-11-15-7-4-5-8-17(15)14-26/h4-10,13,19-20H,3,11-12,14H2,1-2H3,(H,24,25,27). The Morgan fingerprint density at radius 2 is 2.00 bits per heavy atom. The lowest BCUT2D eigenvalue weighted by Crippen LogP contribution is -2.53. The van der Waals surface area contributed by atoms with Crippen LogP contribution in [-0.4, -0.2) is 43.0 Å². The first-order valence-electron chi connectivity index (χ1n) is 10.1. The van der Waals surface area contributed by atoms with Gasteiger partial charge in [0.1, 0.15) is 11.8 Å². The van der Waals surface area contributed by atoms with Gasteiger partial charge in [0.25, 0.3) is 0 Å². The molecule has 0 fully saturated rings. The molecule has 2 atom stereocenters. The SMILES string of the molecule is CCOC(=O)C1C(=O)NC(N2CCc3ccccc3C2)=NC1c1cccc(OC)c1. The minimum atomic E-state index is -1.04.